The van der Waals surface area contributed by atoms with Gasteiger partial charge in [-0.05, 0) is 40.3 Å². The maximum Gasteiger partial charge on any atom is 0.295 e. The smallest absolute Gasteiger partial charge is 0.295 e. The van der Waals surface area contributed by atoms with Crippen LogP contribution in [0.25, 0.3) is 5.76 Å². The number of likely N-dealkylation sites (tertiary alicyclic amines) is 1. The number of ketones is 1. The Morgan fingerprint density at radius 1 is 1.12 bits per heavy atom. The van der Waals surface area contributed by atoms with Crippen molar-refractivity contribution in [2.24, 2.45) is 0 Å². The summed E-state index contributed by atoms with van der Waals surface area (Å²) >= 11 is 2.19. The molecule has 1 aliphatic heterocycles. The van der Waals surface area contributed by atoms with Gasteiger partial charge in [0.2, 0.25) is 0 Å². The van der Waals surface area contributed by atoms with Crippen molar-refractivity contribution in [1.82, 2.24) is 4.90 Å². The lowest BCUT2D eigenvalue weighted by atomic mass is 9.95. The molecule has 3 rings (SSSR count). The highest BCUT2D eigenvalue weighted by Crippen LogP contribution is 2.39. The maximum atomic E-state index is 12.7. The highest BCUT2D eigenvalue weighted by atomic mass is 127. The molecule has 1 heterocycles. The van der Waals surface area contributed by atoms with Crippen molar-refractivity contribution in [3.05, 3.63) is 74.9 Å². The van der Waals surface area contributed by atoms with Gasteiger partial charge in [0.15, 0.2) is 0 Å². The lowest BCUT2D eigenvalue weighted by Gasteiger charge is -2.25. The molecule has 6 heteroatoms. The number of Topliss-reactive ketones (excluding diaryl/α,β-unsaturated/α-hetero) is 1. The van der Waals surface area contributed by atoms with E-state index in [2.05, 4.69) is 22.6 Å². The number of hydrogen-bond donors (Lipinski definition) is 1. The Labute approximate surface area is 165 Å². The molecule has 0 aliphatic carbocycles. The Bertz CT molecular complexity index is 846. The molecule has 0 spiro atoms. The third kappa shape index (κ3) is 3.52. The number of halogens is 1. The molecule has 134 valence electrons. The maximum absolute atomic E-state index is 12.7. The second-order valence-corrected chi connectivity index (χ2v) is 7.15. The molecule has 1 aliphatic rings. The predicted octanol–water partition coefficient (Wildman–Crippen LogP) is 3.36. The number of methoxy groups -OCH3 is 1. The largest absolute Gasteiger partial charge is 0.507 e. The van der Waals surface area contributed by atoms with Crippen molar-refractivity contribution in [2.45, 2.75) is 6.04 Å². The van der Waals surface area contributed by atoms with E-state index in [9.17, 15) is 14.7 Å². The molecule has 0 unspecified atom stereocenters. The van der Waals surface area contributed by atoms with Crippen LogP contribution in [-0.2, 0) is 14.3 Å². The van der Waals surface area contributed by atoms with Crippen LogP contribution in [0.5, 0.6) is 0 Å². The van der Waals surface area contributed by atoms with Crippen LogP contribution in [0.1, 0.15) is 17.2 Å². The average Bonchev–Trinajstić information content (AvgIpc) is 2.91. The first-order valence-electron chi connectivity index (χ1n) is 8.13. The molecule has 0 saturated carbocycles. The van der Waals surface area contributed by atoms with Crippen LogP contribution in [0.15, 0.2) is 60.2 Å². The fourth-order valence-electron chi connectivity index (χ4n) is 3.04. The van der Waals surface area contributed by atoms with Crippen LogP contribution in [0.2, 0.25) is 0 Å². The topological polar surface area (TPSA) is 66.8 Å². The fourth-order valence-corrected chi connectivity index (χ4v) is 3.40. The number of nitrogens with zero attached hydrogens (tertiary/aromatic N) is 1. The van der Waals surface area contributed by atoms with Gasteiger partial charge < -0.3 is 14.7 Å². The number of aliphatic hydroxyl groups is 1. The zero-order valence-electron chi connectivity index (χ0n) is 14.2. The van der Waals surface area contributed by atoms with Crippen molar-refractivity contribution in [3.8, 4) is 0 Å². The van der Waals surface area contributed by atoms with Crippen molar-refractivity contribution >= 4 is 40.0 Å². The van der Waals surface area contributed by atoms with Gasteiger partial charge >= 0.3 is 0 Å². The number of rotatable bonds is 5. The van der Waals surface area contributed by atoms with E-state index >= 15 is 0 Å². The molecule has 1 atom stereocenters. The minimum absolute atomic E-state index is 0.110. The van der Waals surface area contributed by atoms with Crippen LogP contribution < -0.4 is 0 Å². The summed E-state index contributed by atoms with van der Waals surface area (Å²) in [5.41, 5.74) is 1.39. The molecular weight excluding hydrogens is 445 g/mol. The molecule has 0 bridgehead atoms. The summed E-state index contributed by atoms with van der Waals surface area (Å²) in [7, 11) is 1.54. The molecule has 0 aromatic heterocycles. The number of ether oxygens (including phenoxy) is 1. The molecule has 1 amide bonds. The number of amides is 1. The monoisotopic (exact) mass is 463 g/mol. The molecule has 1 fully saturated rings. The summed E-state index contributed by atoms with van der Waals surface area (Å²) in [6.07, 6.45) is 0. The zero-order valence-corrected chi connectivity index (χ0v) is 16.3. The Hall–Kier alpha value is -2.19. The van der Waals surface area contributed by atoms with Gasteiger partial charge in [0.1, 0.15) is 5.76 Å². The van der Waals surface area contributed by atoms with Gasteiger partial charge in [-0.2, -0.15) is 0 Å². The van der Waals surface area contributed by atoms with Crippen LogP contribution in [0.3, 0.4) is 0 Å². The second kappa shape index (κ2) is 8.01. The van der Waals surface area contributed by atoms with Gasteiger partial charge in [0, 0.05) is 22.8 Å². The number of hydrogen-bond acceptors (Lipinski definition) is 4. The Kier molecular flexibility index (Phi) is 5.73. The van der Waals surface area contributed by atoms with Crippen molar-refractivity contribution in [2.75, 3.05) is 20.3 Å². The molecule has 0 radical (unpaired) electrons. The number of carbonyl (C=O) groups excluding carboxylic acids is 2. The summed E-state index contributed by atoms with van der Waals surface area (Å²) in [6.45, 7) is 0.572. The molecule has 2 aromatic rings. The van der Waals surface area contributed by atoms with E-state index in [-0.39, 0.29) is 17.9 Å². The van der Waals surface area contributed by atoms with E-state index in [4.69, 9.17) is 4.74 Å². The first kappa shape index (κ1) is 18.6. The normalized spacial score (nSPS) is 19.2. The summed E-state index contributed by atoms with van der Waals surface area (Å²) < 4.78 is 6.13. The van der Waals surface area contributed by atoms with E-state index in [1.807, 2.05) is 30.3 Å². The molecule has 1 saturated heterocycles. The highest BCUT2D eigenvalue weighted by Gasteiger charge is 2.45. The summed E-state index contributed by atoms with van der Waals surface area (Å²) in [4.78, 5) is 26.7. The molecule has 1 N–H and O–H groups in total. The molecular formula is C20H18INO4. The van der Waals surface area contributed by atoms with Crippen molar-refractivity contribution in [3.63, 3.8) is 0 Å². The Morgan fingerprint density at radius 3 is 2.38 bits per heavy atom. The number of carbonyl (C=O) groups is 2. The van der Waals surface area contributed by atoms with Crippen LogP contribution in [0.4, 0.5) is 0 Å². The number of aliphatic hydroxyl groups excluding tert-OH is 1. The molecule has 2 aromatic carbocycles. The summed E-state index contributed by atoms with van der Waals surface area (Å²) in [5.74, 6) is -1.46. The van der Waals surface area contributed by atoms with Gasteiger partial charge in [-0.25, -0.2) is 0 Å². The lowest BCUT2D eigenvalue weighted by molar-refractivity contribution is -0.140. The zero-order chi connectivity index (χ0) is 18.7. The first-order chi connectivity index (χ1) is 12.5. The number of benzene rings is 2. The van der Waals surface area contributed by atoms with Gasteiger partial charge in [-0.15, -0.1) is 0 Å². The van der Waals surface area contributed by atoms with E-state index in [1.165, 1.54) is 4.90 Å². The third-order valence-corrected chi connectivity index (χ3v) is 5.03. The van der Waals surface area contributed by atoms with E-state index in [1.54, 1.807) is 31.4 Å². The SMILES string of the molecule is COCCN1C(=O)C(=O)/C(=C(/O)c2ccccc2)[C@@H]1c1ccc(I)cc1. The minimum Gasteiger partial charge on any atom is -0.507 e. The predicted molar refractivity (Wildman–Crippen MR) is 106 cm³/mol. The van der Waals surface area contributed by atoms with Gasteiger partial charge in [-0.3, -0.25) is 9.59 Å². The van der Waals surface area contributed by atoms with Crippen LogP contribution in [0, 0.1) is 3.57 Å². The fraction of sp³-hybridized carbons (Fsp3) is 0.200. The van der Waals surface area contributed by atoms with Crippen LogP contribution >= 0.6 is 22.6 Å². The van der Waals surface area contributed by atoms with Crippen molar-refractivity contribution < 1.29 is 19.4 Å². The minimum atomic E-state index is -0.675. The molecule has 26 heavy (non-hydrogen) atoms. The van der Waals surface area contributed by atoms with Crippen molar-refractivity contribution in [1.29, 1.82) is 0 Å². The summed E-state index contributed by atoms with van der Waals surface area (Å²) in [6, 6.07) is 15.7. The lowest BCUT2D eigenvalue weighted by Crippen LogP contribution is -2.32. The van der Waals surface area contributed by atoms with Crippen LogP contribution in [-0.4, -0.2) is 42.0 Å². The first-order valence-corrected chi connectivity index (χ1v) is 9.20. The van der Waals surface area contributed by atoms with Gasteiger partial charge in [-0.1, -0.05) is 42.5 Å². The Balaban J connectivity index is 2.15. The standard InChI is InChI=1S/C20H18INO4/c1-26-12-11-22-17(13-7-9-15(21)10-8-13)16(19(24)20(22)25)18(23)14-5-3-2-4-6-14/h2-10,17,23H,11-12H2,1H3/b18-16+/t17-/m0/s1. The average molecular weight is 463 g/mol. The van der Waals surface area contributed by atoms with E-state index < -0.39 is 17.7 Å². The van der Waals surface area contributed by atoms with Gasteiger partial charge in [0.25, 0.3) is 11.7 Å². The van der Waals surface area contributed by atoms with E-state index in [0.29, 0.717) is 12.2 Å². The second-order valence-electron chi connectivity index (χ2n) is 5.90. The Morgan fingerprint density at radius 2 is 1.77 bits per heavy atom. The summed E-state index contributed by atoms with van der Waals surface area (Å²) in [5, 5.41) is 10.8. The molecule has 5 nitrogen and oxygen atoms in total. The van der Waals surface area contributed by atoms with E-state index in [0.717, 1.165) is 9.13 Å². The highest BCUT2D eigenvalue weighted by molar-refractivity contribution is 14.1. The van der Waals surface area contributed by atoms with Gasteiger partial charge in [0.05, 0.1) is 18.2 Å². The third-order valence-electron chi connectivity index (χ3n) is 4.31. The quantitative estimate of drug-likeness (QED) is 0.320.